The Morgan fingerprint density at radius 3 is 1.88 bits per heavy atom. The normalized spacial score (nSPS) is 10.0. The highest BCUT2D eigenvalue weighted by molar-refractivity contribution is 6.05. The van der Waals surface area contributed by atoms with Gasteiger partial charge in [-0.3, -0.25) is 25.0 Å². The van der Waals surface area contributed by atoms with Crippen LogP contribution in [0.2, 0.25) is 0 Å². The van der Waals surface area contributed by atoms with E-state index in [9.17, 15) is 30.1 Å². The average molecular weight is 332 g/mol. The Kier molecular flexibility index (Phi) is 4.59. The Hall–Kier alpha value is -3.69. The molecule has 0 aliphatic rings. The van der Waals surface area contributed by atoms with Crippen LogP contribution in [0.4, 0.5) is 22.7 Å². The van der Waals surface area contributed by atoms with Crippen LogP contribution in [0, 0.1) is 20.2 Å². The standard InChI is InChI=1S/C14H12N4O6/c1-15-9-2-4-10(5-3-9)16-14(20)8-6-11(17(21)22)13(19)12(7-8)18(23)24/h2-7,15,19H,1H3,(H,16,20). The van der Waals surface area contributed by atoms with Crippen molar-refractivity contribution < 1.29 is 19.7 Å². The Labute approximate surface area is 135 Å². The zero-order valence-corrected chi connectivity index (χ0v) is 12.3. The Balaban J connectivity index is 2.37. The first kappa shape index (κ1) is 16.7. The van der Waals surface area contributed by atoms with E-state index in [1.54, 1.807) is 31.3 Å². The molecule has 0 saturated carbocycles. The van der Waals surface area contributed by atoms with Gasteiger partial charge in [0.2, 0.25) is 0 Å². The first-order valence-corrected chi connectivity index (χ1v) is 6.58. The van der Waals surface area contributed by atoms with E-state index in [-0.39, 0.29) is 5.56 Å². The Morgan fingerprint density at radius 2 is 1.46 bits per heavy atom. The van der Waals surface area contributed by atoms with Crippen molar-refractivity contribution in [3.63, 3.8) is 0 Å². The third-order valence-corrected chi connectivity index (χ3v) is 3.16. The van der Waals surface area contributed by atoms with Gasteiger partial charge in [0.05, 0.1) is 15.4 Å². The molecule has 0 aliphatic heterocycles. The molecule has 2 aromatic carbocycles. The molecule has 0 unspecified atom stereocenters. The highest BCUT2D eigenvalue weighted by Gasteiger charge is 2.28. The van der Waals surface area contributed by atoms with Gasteiger partial charge in [-0.1, -0.05) is 0 Å². The summed E-state index contributed by atoms with van der Waals surface area (Å²) in [6.45, 7) is 0. The molecule has 0 aromatic heterocycles. The van der Waals surface area contributed by atoms with Crippen molar-refractivity contribution in [1.82, 2.24) is 0 Å². The second kappa shape index (κ2) is 6.60. The number of aromatic hydroxyl groups is 1. The van der Waals surface area contributed by atoms with Crippen LogP contribution in [0.5, 0.6) is 5.75 Å². The van der Waals surface area contributed by atoms with E-state index in [4.69, 9.17) is 0 Å². The molecule has 0 aliphatic carbocycles. The molecule has 0 saturated heterocycles. The number of carbonyl (C=O) groups excluding carboxylic acids is 1. The number of hydrogen-bond donors (Lipinski definition) is 3. The maximum absolute atomic E-state index is 12.2. The zero-order chi connectivity index (χ0) is 17.9. The number of nitro benzene ring substituents is 2. The number of phenols is 1. The molecule has 0 fully saturated rings. The smallest absolute Gasteiger partial charge is 0.318 e. The summed E-state index contributed by atoms with van der Waals surface area (Å²) in [5, 5.41) is 36.7. The molecule has 0 radical (unpaired) electrons. The van der Waals surface area contributed by atoms with Crippen LogP contribution < -0.4 is 10.6 Å². The van der Waals surface area contributed by atoms with Gasteiger partial charge in [0.25, 0.3) is 11.7 Å². The summed E-state index contributed by atoms with van der Waals surface area (Å²) >= 11 is 0. The number of carbonyl (C=O) groups is 1. The topological polar surface area (TPSA) is 148 Å². The molecule has 124 valence electrons. The van der Waals surface area contributed by atoms with Crippen molar-refractivity contribution in [3.8, 4) is 5.75 Å². The maximum atomic E-state index is 12.2. The van der Waals surface area contributed by atoms with Crippen LogP contribution in [0.1, 0.15) is 10.4 Å². The van der Waals surface area contributed by atoms with Crippen LogP contribution in [-0.2, 0) is 0 Å². The zero-order valence-electron chi connectivity index (χ0n) is 12.3. The number of nitro groups is 2. The van der Waals surface area contributed by atoms with Crippen molar-refractivity contribution in [2.24, 2.45) is 0 Å². The highest BCUT2D eigenvalue weighted by Crippen LogP contribution is 2.36. The molecule has 10 heteroatoms. The monoisotopic (exact) mass is 332 g/mol. The first-order valence-electron chi connectivity index (χ1n) is 6.58. The van der Waals surface area contributed by atoms with Crippen molar-refractivity contribution in [1.29, 1.82) is 0 Å². The Morgan fingerprint density at radius 1 is 1.00 bits per heavy atom. The van der Waals surface area contributed by atoms with E-state index in [0.29, 0.717) is 5.69 Å². The number of nitrogens with zero attached hydrogens (tertiary/aromatic N) is 2. The summed E-state index contributed by atoms with van der Waals surface area (Å²) in [7, 11) is 1.72. The summed E-state index contributed by atoms with van der Waals surface area (Å²) < 4.78 is 0. The minimum absolute atomic E-state index is 0.316. The molecule has 0 spiro atoms. The molecule has 3 N–H and O–H groups in total. The van der Waals surface area contributed by atoms with Gasteiger partial charge >= 0.3 is 11.4 Å². The lowest BCUT2D eigenvalue weighted by molar-refractivity contribution is -0.396. The largest absolute Gasteiger partial charge is 0.497 e. The molecule has 0 atom stereocenters. The highest BCUT2D eigenvalue weighted by atomic mass is 16.6. The summed E-state index contributed by atoms with van der Waals surface area (Å²) in [6, 6.07) is 8.12. The maximum Gasteiger partial charge on any atom is 0.318 e. The first-order chi connectivity index (χ1) is 11.3. The van der Waals surface area contributed by atoms with Crippen LogP contribution >= 0.6 is 0 Å². The number of hydrogen-bond acceptors (Lipinski definition) is 7. The molecule has 0 bridgehead atoms. The van der Waals surface area contributed by atoms with Crippen LogP contribution in [0.25, 0.3) is 0 Å². The fourth-order valence-electron chi connectivity index (χ4n) is 1.94. The molecular weight excluding hydrogens is 320 g/mol. The van der Waals surface area contributed by atoms with Crippen molar-refractivity contribution in [3.05, 3.63) is 62.2 Å². The van der Waals surface area contributed by atoms with Gasteiger partial charge in [-0.15, -0.1) is 0 Å². The minimum Gasteiger partial charge on any atom is -0.497 e. The minimum atomic E-state index is -1.10. The predicted octanol–water partition coefficient (Wildman–Crippen LogP) is 2.50. The van der Waals surface area contributed by atoms with E-state index >= 15 is 0 Å². The lowest BCUT2D eigenvalue weighted by atomic mass is 10.1. The third-order valence-electron chi connectivity index (χ3n) is 3.16. The number of benzene rings is 2. The van der Waals surface area contributed by atoms with Gasteiger partial charge in [-0.2, -0.15) is 0 Å². The van der Waals surface area contributed by atoms with Crippen LogP contribution in [0.15, 0.2) is 36.4 Å². The fourth-order valence-corrected chi connectivity index (χ4v) is 1.94. The molecule has 1 amide bonds. The molecule has 10 nitrogen and oxygen atoms in total. The van der Waals surface area contributed by atoms with Gasteiger partial charge in [0, 0.05) is 30.6 Å². The predicted molar refractivity (Wildman–Crippen MR) is 85.4 cm³/mol. The van der Waals surface area contributed by atoms with E-state index < -0.39 is 32.9 Å². The van der Waals surface area contributed by atoms with E-state index in [1.807, 2.05) is 0 Å². The van der Waals surface area contributed by atoms with Crippen molar-refractivity contribution in [2.45, 2.75) is 0 Å². The SMILES string of the molecule is CNc1ccc(NC(=O)c2cc([N+](=O)[O-])c(O)c([N+](=O)[O-])c2)cc1. The molecular formula is C14H12N4O6. The van der Waals surface area contributed by atoms with Crippen molar-refractivity contribution >= 4 is 28.7 Å². The third kappa shape index (κ3) is 3.38. The van der Waals surface area contributed by atoms with Gasteiger partial charge < -0.3 is 15.7 Å². The molecule has 0 heterocycles. The van der Waals surface area contributed by atoms with Gasteiger partial charge in [-0.05, 0) is 24.3 Å². The number of nitrogens with one attached hydrogen (secondary N) is 2. The van der Waals surface area contributed by atoms with E-state index in [1.165, 1.54) is 0 Å². The van der Waals surface area contributed by atoms with E-state index in [0.717, 1.165) is 17.8 Å². The fraction of sp³-hybridized carbons (Fsp3) is 0.0714. The summed E-state index contributed by atoms with van der Waals surface area (Å²) in [4.78, 5) is 31.9. The summed E-state index contributed by atoms with van der Waals surface area (Å²) in [6.07, 6.45) is 0. The quantitative estimate of drug-likeness (QED) is 0.562. The second-order valence-corrected chi connectivity index (χ2v) is 4.66. The second-order valence-electron chi connectivity index (χ2n) is 4.66. The van der Waals surface area contributed by atoms with Crippen LogP contribution in [-0.4, -0.2) is 27.9 Å². The number of phenolic OH excluding ortho intramolecular Hbond substituents is 1. The van der Waals surface area contributed by atoms with Crippen molar-refractivity contribution in [2.75, 3.05) is 17.7 Å². The summed E-state index contributed by atoms with van der Waals surface area (Å²) in [5.74, 6) is -1.88. The van der Waals surface area contributed by atoms with Crippen LogP contribution in [0.3, 0.4) is 0 Å². The van der Waals surface area contributed by atoms with Gasteiger partial charge in [0.1, 0.15) is 0 Å². The molecule has 24 heavy (non-hydrogen) atoms. The molecule has 2 rings (SSSR count). The van der Waals surface area contributed by atoms with E-state index in [2.05, 4.69) is 10.6 Å². The lowest BCUT2D eigenvalue weighted by Gasteiger charge is -2.07. The lowest BCUT2D eigenvalue weighted by Crippen LogP contribution is -2.12. The Bertz CT molecular complexity index is 784. The average Bonchev–Trinajstić information content (AvgIpc) is 2.55. The van der Waals surface area contributed by atoms with Gasteiger partial charge in [-0.25, -0.2) is 0 Å². The van der Waals surface area contributed by atoms with Gasteiger partial charge in [0.15, 0.2) is 0 Å². The molecule has 2 aromatic rings. The number of anilines is 2. The summed E-state index contributed by atoms with van der Waals surface area (Å²) in [5.41, 5.74) is -0.940. The number of rotatable bonds is 5. The number of amides is 1.